The van der Waals surface area contributed by atoms with Gasteiger partial charge in [0.25, 0.3) is 0 Å². The maximum atomic E-state index is 11.7. The Hall–Kier alpha value is -2.34. The molecule has 0 aliphatic carbocycles. The van der Waals surface area contributed by atoms with E-state index in [9.17, 15) is 9.59 Å². The van der Waals surface area contributed by atoms with Gasteiger partial charge < -0.3 is 15.6 Å². The van der Waals surface area contributed by atoms with Crippen molar-refractivity contribution < 1.29 is 9.59 Å². The Bertz CT molecular complexity index is 606. The van der Waals surface area contributed by atoms with Crippen LogP contribution in [0.25, 0.3) is 0 Å². The van der Waals surface area contributed by atoms with E-state index in [2.05, 4.69) is 10.3 Å². The van der Waals surface area contributed by atoms with E-state index in [1.807, 2.05) is 0 Å². The largest absolute Gasteiger partial charge is 0.366 e. The van der Waals surface area contributed by atoms with Gasteiger partial charge in [-0.25, -0.2) is 4.98 Å². The quantitative estimate of drug-likeness (QED) is 0.882. The molecule has 2 aromatic rings. The molecular weight excluding hydrogens is 268 g/mol. The van der Waals surface area contributed by atoms with Gasteiger partial charge in [-0.15, -0.1) is 0 Å². The third-order valence-electron chi connectivity index (χ3n) is 2.43. The molecule has 1 heterocycles. The summed E-state index contributed by atoms with van der Waals surface area (Å²) in [4.78, 5) is 26.4. The van der Waals surface area contributed by atoms with Crippen LogP contribution in [0.3, 0.4) is 0 Å². The molecule has 0 atom stereocenters. The Morgan fingerprint density at radius 1 is 1.32 bits per heavy atom. The van der Waals surface area contributed by atoms with Gasteiger partial charge in [0, 0.05) is 23.6 Å². The number of aromatic nitrogens is 2. The summed E-state index contributed by atoms with van der Waals surface area (Å²) in [7, 11) is 0. The van der Waals surface area contributed by atoms with Crippen LogP contribution in [0.1, 0.15) is 10.4 Å². The molecule has 0 unspecified atom stereocenters. The van der Waals surface area contributed by atoms with Crippen molar-refractivity contribution in [2.45, 2.75) is 6.54 Å². The van der Waals surface area contributed by atoms with Crippen LogP contribution in [-0.4, -0.2) is 21.4 Å². The van der Waals surface area contributed by atoms with E-state index < -0.39 is 5.91 Å². The molecule has 0 spiro atoms. The molecule has 98 valence electrons. The molecule has 0 fully saturated rings. The van der Waals surface area contributed by atoms with Crippen molar-refractivity contribution in [2.75, 3.05) is 5.32 Å². The van der Waals surface area contributed by atoms with Crippen LogP contribution >= 0.6 is 11.6 Å². The summed E-state index contributed by atoms with van der Waals surface area (Å²) in [6, 6.07) is 6.30. The zero-order chi connectivity index (χ0) is 13.8. The van der Waals surface area contributed by atoms with Crippen molar-refractivity contribution in [1.82, 2.24) is 9.55 Å². The van der Waals surface area contributed by atoms with Crippen molar-refractivity contribution in [2.24, 2.45) is 5.73 Å². The number of hydrogen-bond donors (Lipinski definition) is 2. The number of rotatable bonds is 4. The van der Waals surface area contributed by atoms with E-state index in [0.29, 0.717) is 11.3 Å². The first-order chi connectivity index (χ1) is 9.06. The molecule has 0 aliphatic heterocycles. The summed E-state index contributed by atoms with van der Waals surface area (Å²) in [6.45, 7) is 0.0659. The summed E-state index contributed by atoms with van der Waals surface area (Å²) in [5.41, 5.74) is 6.08. The number of primary amides is 1. The maximum absolute atomic E-state index is 11.7. The highest BCUT2D eigenvalue weighted by Gasteiger charge is 2.07. The number of nitrogens with two attached hydrogens (primary N) is 1. The van der Waals surface area contributed by atoms with Crippen LogP contribution in [0.5, 0.6) is 0 Å². The van der Waals surface area contributed by atoms with Crippen LogP contribution < -0.4 is 11.1 Å². The SMILES string of the molecule is NC(=O)c1ccc(NC(=O)Cn2ccnc2Cl)cc1. The van der Waals surface area contributed by atoms with Gasteiger partial charge in [0.15, 0.2) is 0 Å². The fourth-order valence-electron chi connectivity index (χ4n) is 1.50. The summed E-state index contributed by atoms with van der Waals surface area (Å²) in [5.74, 6) is -0.755. The summed E-state index contributed by atoms with van der Waals surface area (Å²) >= 11 is 5.76. The van der Waals surface area contributed by atoms with Crippen LogP contribution in [0, 0.1) is 0 Å². The number of anilines is 1. The van der Waals surface area contributed by atoms with E-state index in [1.165, 1.54) is 10.8 Å². The van der Waals surface area contributed by atoms with Gasteiger partial charge in [0.1, 0.15) is 6.54 Å². The average molecular weight is 279 g/mol. The first-order valence-corrected chi connectivity index (χ1v) is 5.80. The van der Waals surface area contributed by atoms with Gasteiger partial charge in [-0.1, -0.05) is 0 Å². The second kappa shape index (κ2) is 5.53. The van der Waals surface area contributed by atoms with Gasteiger partial charge >= 0.3 is 0 Å². The summed E-state index contributed by atoms with van der Waals surface area (Å²) in [5, 5.41) is 2.92. The minimum absolute atomic E-state index is 0.0659. The van der Waals surface area contributed by atoms with E-state index in [-0.39, 0.29) is 17.7 Å². The molecule has 19 heavy (non-hydrogen) atoms. The standard InChI is InChI=1S/C12H11ClN4O2/c13-12-15-5-6-17(12)7-10(18)16-9-3-1-8(2-4-9)11(14)19/h1-6H,7H2,(H2,14,19)(H,16,18). The lowest BCUT2D eigenvalue weighted by molar-refractivity contribution is -0.116. The minimum Gasteiger partial charge on any atom is -0.366 e. The van der Waals surface area contributed by atoms with Gasteiger partial charge in [-0.05, 0) is 35.9 Å². The molecule has 2 amide bonds. The fourth-order valence-corrected chi connectivity index (χ4v) is 1.67. The number of imidazole rings is 1. The van der Waals surface area contributed by atoms with Crippen LogP contribution in [0.2, 0.25) is 5.28 Å². The number of carbonyl (C=O) groups excluding carboxylic acids is 2. The van der Waals surface area contributed by atoms with E-state index in [0.717, 1.165) is 0 Å². The normalized spacial score (nSPS) is 10.2. The Kier molecular flexibility index (Phi) is 3.82. The first kappa shape index (κ1) is 13.1. The predicted octanol–water partition coefficient (Wildman–Crippen LogP) is 1.27. The fraction of sp³-hybridized carbons (Fsp3) is 0.0833. The van der Waals surface area contributed by atoms with Crippen molar-refractivity contribution in [3.8, 4) is 0 Å². The number of halogens is 1. The monoisotopic (exact) mass is 278 g/mol. The highest BCUT2D eigenvalue weighted by Crippen LogP contribution is 2.10. The lowest BCUT2D eigenvalue weighted by Crippen LogP contribution is -2.18. The smallest absolute Gasteiger partial charge is 0.248 e. The minimum atomic E-state index is -0.511. The maximum Gasteiger partial charge on any atom is 0.248 e. The second-order valence-electron chi connectivity index (χ2n) is 3.81. The number of hydrogen-bond acceptors (Lipinski definition) is 3. The zero-order valence-electron chi connectivity index (χ0n) is 9.84. The van der Waals surface area contributed by atoms with Crippen molar-refractivity contribution >= 4 is 29.1 Å². The molecule has 0 saturated heterocycles. The number of carbonyl (C=O) groups is 2. The molecule has 2 rings (SSSR count). The Balaban J connectivity index is 1.99. The topological polar surface area (TPSA) is 90.0 Å². The molecule has 0 radical (unpaired) electrons. The third kappa shape index (κ3) is 3.32. The van der Waals surface area contributed by atoms with Gasteiger partial charge in [-0.3, -0.25) is 9.59 Å². The molecule has 0 aliphatic rings. The molecule has 0 saturated carbocycles. The third-order valence-corrected chi connectivity index (χ3v) is 2.75. The molecule has 7 heteroatoms. The second-order valence-corrected chi connectivity index (χ2v) is 4.15. The molecule has 3 N–H and O–H groups in total. The lowest BCUT2D eigenvalue weighted by atomic mass is 10.2. The van der Waals surface area contributed by atoms with Crippen LogP contribution in [-0.2, 0) is 11.3 Å². The number of amides is 2. The highest BCUT2D eigenvalue weighted by atomic mass is 35.5. The average Bonchev–Trinajstić information content (AvgIpc) is 2.75. The van der Waals surface area contributed by atoms with E-state index in [4.69, 9.17) is 17.3 Å². The van der Waals surface area contributed by atoms with Crippen molar-refractivity contribution in [3.63, 3.8) is 0 Å². The summed E-state index contributed by atoms with van der Waals surface area (Å²) in [6.07, 6.45) is 3.12. The number of nitrogens with one attached hydrogen (secondary N) is 1. The van der Waals surface area contributed by atoms with Crippen LogP contribution in [0.4, 0.5) is 5.69 Å². The highest BCUT2D eigenvalue weighted by molar-refractivity contribution is 6.28. The summed E-state index contributed by atoms with van der Waals surface area (Å²) < 4.78 is 1.51. The van der Waals surface area contributed by atoms with Crippen molar-refractivity contribution in [1.29, 1.82) is 0 Å². The molecule has 1 aromatic carbocycles. The van der Waals surface area contributed by atoms with Gasteiger partial charge in [-0.2, -0.15) is 0 Å². The van der Waals surface area contributed by atoms with Gasteiger partial charge in [0.2, 0.25) is 17.1 Å². The molecular formula is C12H11ClN4O2. The Morgan fingerprint density at radius 3 is 2.53 bits per heavy atom. The number of nitrogens with zero attached hydrogens (tertiary/aromatic N) is 2. The lowest BCUT2D eigenvalue weighted by Gasteiger charge is -2.06. The van der Waals surface area contributed by atoms with Gasteiger partial charge in [0.05, 0.1) is 0 Å². The van der Waals surface area contributed by atoms with Crippen LogP contribution in [0.15, 0.2) is 36.7 Å². The number of benzene rings is 1. The Morgan fingerprint density at radius 2 is 2.00 bits per heavy atom. The predicted molar refractivity (Wildman–Crippen MR) is 70.8 cm³/mol. The van der Waals surface area contributed by atoms with E-state index in [1.54, 1.807) is 30.5 Å². The molecule has 1 aromatic heterocycles. The molecule has 0 bridgehead atoms. The zero-order valence-corrected chi connectivity index (χ0v) is 10.6. The van der Waals surface area contributed by atoms with Crippen molar-refractivity contribution in [3.05, 3.63) is 47.5 Å². The van der Waals surface area contributed by atoms with E-state index >= 15 is 0 Å². The Labute approximate surface area is 114 Å². The first-order valence-electron chi connectivity index (χ1n) is 5.42. The molecule has 6 nitrogen and oxygen atoms in total.